The highest BCUT2D eigenvalue weighted by molar-refractivity contribution is 9.10. The summed E-state index contributed by atoms with van der Waals surface area (Å²) in [5.74, 6) is 0. The summed E-state index contributed by atoms with van der Waals surface area (Å²) < 4.78 is 40.1. The molecular weight excluding hydrogens is 393 g/mol. The second-order valence-electron chi connectivity index (χ2n) is 8.13. The van der Waals surface area contributed by atoms with Crippen molar-refractivity contribution in [2.24, 2.45) is 0 Å². The molecule has 0 saturated carbocycles. The van der Waals surface area contributed by atoms with Gasteiger partial charge >= 0.3 is 7.12 Å². The predicted molar refractivity (Wildman–Crippen MR) is 99.9 cm³/mol. The normalized spacial score (nSPS) is 20.4. The minimum Gasteiger partial charge on any atom is -0.399 e. The topological polar surface area (TPSA) is 64.6 Å². The minimum absolute atomic E-state index is 0.192. The average molecular weight is 418 g/mol. The molecule has 0 spiro atoms. The molecular formula is C16H25BBrNO4S. The van der Waals surface area contributed by atoms with Crippen LogP contribution < -0.4 is 10.2 Å². The summed E-state index contributed by atoms with van der Waals surface area (Å²) >= 11 is 3.36. The molecule has 8 heteroatoms. The van der Waals surface area contributed by atoms with Crippen LogP contribution in [0.15, 0.2) is 27.6 Å². The van der Waals surface area contributed by atoms with Gasteiger partial charge in [-0.3, -0.25) is 0 Å². The maximum absolute atomic E-state index is 12.5. The van der Waals surface area contributed by atoms with Gasteiger partial charge in [-0.05, 0) is 82.0 Å². The molecule has 0 aromatic heterocycles. The van der Waals surface area contributed by atoms with E-state index in [9.17, 15) is 8.42 Å². The van der Waals surface area contributed by atoms with Gasteiger partial charge in [-0.2, -0.15) is 0 Å². The summed E-state index contributed by atoms with van der Waals surface area (Å²) in [7, 11) is -4.14. The van der Waals surface area contributed by atoms with Crippen molar-refractivity contribution in [3.05, 3.63) is 22.7 Å². The Hall–Kier alpha value is -0.405. The summed E-state index contributed by atoms with van der Waals surface area (Å²) in [5, 5.41) is 0. The number of rotatable bonds is 3. The Bertz CT molecular complexity index is 725. The summed E-state index contributed by atoms with van der Waals surface area (Å²) in [6, 6.07) is 5.03. The maximum atomic E-state index is 12.5. The van der Waals surface area contributed by atoms with Crippen LogP contribution in [0.25, 0.3) is 0 Å². The highest BCUT2D eigenvalue weighted by Crippen LogP contribution is 2.36. The van der Waals surface area contributed by atoms with Crippen LogP contribution in [-0.2, 0) is 19.3 Å². The zero-order valence-corrected chi connectivity index (χ0v) is 17.6. The van der Waals surface area contributed by atoms with E-state index < -0.39 is 33.9 Å². The van der Waals surface area contributed by atoms with Gasteiger partial charge in [0.05, 0.1) is 16.1 Å². The summed E-state index contributed by atoms with van der Waals surface area (Å²) in [5.41, 5.74) is -0.663. The van der Waals surface area contributed by atoms with Crippen LogP contribution in [0.5, 0.6) is 0 Å². The number of sulfonamides is 1. The van der Waals surface area contributed by atoms with Gasteiger partial charge in [-0.1, -0.05) is 6.07 Å². The molecule has 2 rings (SSSR count). The lowest BCUT2D eigenvalue weighted by Gasteiger charge is -2.32. The third-order valence-electron chi connectivity index (χ3n) is 4.21. The Labute approximate surface area is 153 Å². The molecule has 1 saturated heterocycles. The van der Waals surface area contributed by atoms with Gasteiger partial charge in [0.25, 0.3) is 0 Å². The molecule has 1 aromatic carbocycles. The van der Waals surface area contributed by atoms with Crippen molar-refractivity contribution in [1.82, 2.24) is 4.72 Å². The van der Waals surface area contributed by atoms with Gasteiger partial charge in [-0.15, -0.1) is 0 Å². The Morgan fingerprint density at radius 3 is 2.00 bits per heavy atom. The van der Waals surface area contributed by atoms with Crippen LogP contribution in [0.4, 0.5) is 0 Å². The third-order valence-corrected chi connectivity index (χ3v) is 6.95. The average Bonchev–Trinajstić information content (AvgIpc) is 2.54. The summed E-state index contributed by atoms with van der Waals surface area (Å²) in [6.07, 6.45) is 0. The molecule has 0 unspecified atom stereocenters. The molecule has 24 heavy (non-hydrogen) atoms. The summed E-state index contributed by atoms with van der Waals surface area (Å²) in [6.45, 7) is 13.3. The van der Waals surface area contributed by atoms with Crippen molar-refractivity contribution in [1.29, 1.82) is 0 Å². The van der Waals surface area contributed by atoms with Gasteiger partial charge in [0.1, 0.15) is 0 Å². The van der Waals surface area contributed by atoms with Crippen LogP contribution in [-0.4, -0.2) is 32.3 Å². The molecule has 0 radical (unpaired) electrons. The van der Waals surface area contributed by atoms with E-state index in [1.54, 1.807) is 39.0 Å². The van der Waals surface area contributed by atoms with E-state index in [2.05, 4.69) is 20.7 Å². The van der Waals surface area contributed by atoms with E-state index in [0.717, 1.165) is 5.46 Å². The molecule has 1 heterocycles. The number of halogens is 1. The Kier molecular flexibility index (Phi) is 5.05. The van der Waals surface area contributed by atoms with Crippen molar-refractivity contribution in [3.8, 4) is 0 Å². The lowest BCUT2D eigenvalue weighted by molar-refractivity contribution is 0.00578. The Balaban J connectivity index is 2.32. The van der Waals surface area contributed by atoms with E-state index in [0.29, 0.717) is 4.47 Å². The fourth-order valence-corrected chi connectivity index (χ4v) is 4.83. The smallest absolute Gasteiger partial charge is 0.399 e. The SMILES string of the molecule is CC(C)(C)NS(=O)(=O)c1ccc(B2OC(C)(C)C(C)(C)O2)cc1Br. The molecule has 1 aliphatic rings. The first-order valence-electron chi connectivity index (χ1n) is 7.84. The number of hydrogen-bond donors (Lipinski definition) is 1. The molecule has 134 valence electrons. The van der Waals surface area contributed by atoms with Crippen LogP contribution in [0.2, 0.25) is 0 Å². The standard InChI is InChI=1S/C16H25BBrNO4S/c1-14(2,3)19-24(20,21)13-9-8-11(10-12(13)18)17-22-15(4,5)16(6,7)23-17/h8-10,19H,1-7H3. The first-order valence-corrected chi connectivity index (χ1v) is 10.1. The zero-order chi connectivity index (χ0) is 18.6. The lowest BCUT2D eigenvalue weighted by atomic mass is 9.79. The Morgan fingerprint density at radius 2 is 1.58 bits per heavy atom. The number of hydrogen-bond acceptors (Lipinski definition) is 4. The van der Waals surface area contributed by atoms with Crippen LogP contribution in [0, 0.1) is 0 Å². The predicted octanol–water partition coefficient (Wildman–Crippen LogP) is 2.83. The zero-order valence-electron chi connectivity index (χ0n) is 15.2. The van der Waals surface area contributed by atoms with Crippen LogP contribution in [0.3, 0.4) is 0 Å². The molecule has 0 atom stereocenters. The van der Waals surface area contributed by atoms with Crippen molar-refractivity contribution < 1.29 is 17.7 Å². The van der Waals surface area contributed by atoms with Crippen molar-refractivity contribution in [2.45, 2.75) is 70.1 Å². The first kappa shape index (κ1) is 19.9. The highest BCUT2D eigenvalue weighted by Gasteiger charge is 2.51. The fourth-order valence-electron chi connectivity index (χ4n) is 2.32. The second kappa shape index (κ2) is 6.09. The van der Waals surface area contributed by atoms with Gasteiger partial charge in [0, 0.05) is 10.0 Å². The molecule has 0 amide bonds. The third kappa shape index (κ3) is 4.04. The van der Waals surface area contributed by atoms with Crippen LogP contribution in [0.1, 0.15) is 48.5 Å². The van der Waals surface area contributed by atoms with E-state index in [1.165, 1.54) is 0 Å². The van der Waals surface area contributed by atoms with Gasteiger partial charge in [0.2, 0.25) is 10.0 Å². The molecule has 1 fully saturated rings. The van der Waals surface area contributed by atoms with Crippen molar-refractivity contribution >= 4 is 38.5 Å². The lowest BCUT2D eigenvalue weighted by Crippen LogP contribution is -2.41. The van der Waals surface area contributed by atoms with Crippen LogP contribution >= 0.6 is 15.9 Å². The quantitative estimate of drug-likeness (QED) is 0.768. The van der Waals surface area contributed by atoms with E-state index >= 15 is 0 Å². The van der Waals surface area contributed by atoms with Gasteiger partial charge in [-0.25, -0.2) is 13.1 Å². The maximum Gasteiger partial charge on any atom is 0.494 e. The Morgan fingerprint density at radius 1 is 1.08 bits per heavy atom. The fraction of sp³-hybridized carbons (Fsp3) is 0.625. The second-order valence-corrected chi connectivity index (χ2v) is 10.6. The largest absolute Gasteiger partial charge is 0.494 e. The molecule has 5 nitrogen and oxygen atoms in total. The monoisotopic (exact) mass is 417 g/mol. The van der Waals surface area contributed by atoms with Gasteiger partial charge in [0.15, 0.2) is 0 Å². The van der Waals surface area contributed by atoms with E-state index in [4.69, 9.17) is 9.31 Å². The first-order chi connectivity index (χ1) is 10.6. The van der Waals surface area contributed by atoms with E-state index in [-0.39, 0.29) is 4.90 Å². The molecule has 1 N–H and O–H groups in total. The molecule has 1 aliphatic heterocycles. The number of nitrogens with one attached hydrogen (secondary N) is 1. The van der Waals surface area contributed by atoms with Crippen molar-refractivity contribution in [2.75, 3.05) is 0 Å². The van der Waals surface area contributed by atoms with Gasteiger partial charge < -0.3 is 9.31 Å². The van der Waals surface area contributed by atoms with Crippen molar-refractivity contribution in [3.63, 3.8) is 0 Å². The minimum atomic E-state index is -3.61. The number of benzene rings is 1. The van der Waals surface area contributed by atoms with E-state index in [1.807, 2.05) is 27.7 Å². The highest BCUT2D eigenvalue weighted by atomic mass is 79.9. The molecule has 0 aliphatic carbocycles. The summed E-state index contributed by atoms with van der Waals surface area (Å²) in [4.78, 5) is 0.192. The molecule has 1 aromatic rings. The molecule has 0 bridgehead atoms.